The van der Waals surface area contributed by atoms with Crippen molar-refractivity contribution in [3.63, 3.8) is 0 Å². The number of hydrogen-bond donors (Lipinski definition) is 0. The highest BCUT2D eigenvalue weighted by Gasteiger charge is 2.34. The summed E-state index contributed by atoms with van der Waals surface area (Å²) in [6.07, 6.45) is 0.821. The lowest BCUT2D eigenvalue weighted by atomic mass is 10.1. The SMILES string of the molecule is FC(F)(F)c1cc(-c2ccoc2)nc2c1ccc1nc(-c3nnco3)cn12. The third-order valence-electron chi connectivity index (χ3n) is 4.10. The van der Waals surface area contributed by atoms with Gasteiger partial charge in [0, 0.05) is 17.1 Å². The van der Waals surface area contributed by atoms with Crippen LogP contribution < -0.4 is 0 Å². The zero-order chi connectivity index (χ0) is 18.6. The van der Waals surface area contributed by atoms with Crippen LogP contribution in [0.2, 0.25) is 0 Å². The summed E-state index contributed by atoms with van der Waals surface area (Å²) in [4.78, 5) is 8.73. The summed E-state index contributed by atoms with van der Waals surface area (Å²) in [5.74, 6) is 0.161. The number of nitrogens with zero attached hydrogens (tertiary/aromatic N) is 5. The lowest BCUT2D eigenvalue weighted by molar-refractivity contribution is -0.136. The maximum atomic E-state index is 13.7. The molecular formula is C17H8F3N5O2. The molecule has 5 heterocycles. The summed E-state index contributed by atoms with van der Waals surface area (Å²) in [7, 11) is 0. The number of alkyl halides is 3. The third kappa shape index (κ3) is 2.45. The summed E-state index contributed by atoms with van der Waals surface area (Å²) < 4.78 is 52.5. The second-order valence-corrected chi connectivity index (χ2v) is 5.73. The Hall–Kier alpha value is -3.69. The van der Waals surface area contributed by atoms with E-state index in [2.05, 4.69) is 20.2 Å². The molecule has 0 N–H and O–H groups in total. The first-order valence-electron chi connectivity index (χ1n) is 7.70. The molecule has 7 nitrogen and oxygen atoms in total. The van der Waals surface area contributed by atoms with Gasteiger partial charge in [0.05, 0.1) is 23.8 Å². The number of aromatic nitrogens is 5. The molecule has 5 aromatic rings. The molecule has 10 heteroatoms. The Morgan fingerprint density at radius 3 is 2.63 bits per heavy atom. The van der Waals surface area contributed by atoms with Gasteiger partial charge in [-0.15, -0.1) is 10.2 Å². The number of halogens is 3. The summed E-state index contributed by atoms with van der Waals surface area (Å²) in [5.41, 5.74) is 0.640. The van der Waals surface area contributed by atoms with E-state index in [4.69, 9.17) is 8.83 Å². The zero-order valence-corrected chi connectivity index (χ0v) is 13.3. The predicted molar refractivity (Wildman–Crippen MR) is 86.5 cm³/mol. The fourth-order valence-electron chi connectivity index (χ4n) is 2.91. The molecule has 0 saturated heterocycles. The molecule has 0 fully saturated rings. The van der Waals surface area contributed by atoms with E-state index in [1.165, 1.54) is 35.3 Å². The monoisotopic (exact) mass is 371 g/mol. The number of rotatable bonds is 2. The van der Waals surface area contributed by atoms with Gasteiger partial charge >= 0.3 is 6.18 Å². The number of furan rings is 1. The van der Waals surface area contributed by atoms with Gasteiger partial charge in [-0.05, 0) is 24.3 Å². The van der Waals surface area contributed by atoms with Gasteiger partial charge in [0.2, 0.25) is 6.39 Å². The molecular weight excluding hydrogens is 363 g/mol. The Bertz CT molecular complexity index is 1260. The van der Waals surface area contributed by atoms with E-state index in [0.717, 1.165) is 12.5 Å². The van der Waals surface area contributed by atoms with Crippen LogP contribution in [0.1, 0.15) is 5.56 Å². The largest absolute Gasteiger partial charge is 0.472 e. The van der Waals surface area contributed by atoms with Crippen molar-refractivity contribution in [2.75, 3.05) is 0 Å². The van der Waals surface area contributed by atoms with E-state index in [0.29, 0.717) is 16.9 Å². The standard InChI is InChI=1S/C17H8F3N5O2/c18-17(19,20)11-5-12(9-3-4-26-7-9)23-15-10(11)1-2-14-22-13(6-25(14)15)16-24-21-8-27-16/h1-8H. The van der Waals surface area contributed by atoms with Crippen molar-refractivity contribution in [3.8, 4) is 22.8 Å². The molecule has 0 amide bonds. The number of hydrogen-bond acceptors (Lipinski definition) is 6. The number of fused-ring (bicyclic) bond motifs is 3. The van der Waals surface area contributed by atoms with E-state index in [1.807, 2.05) is 0 Å². The van der Waals surface area contributed by atoms with Gasteiger partial charge < -0.3 is 8.83 Å². The highest BCUT2D eigenvalue weighted by atomic mass is 19.4. The maximum Gasteiger partial charge on any atom is 0.417 e. The first-order chi connectivity index (χ1) is 13.0. The molecule has 0 radical (unpaired) electrons. The van der Waals surface area contributed by atoms with Crippen LogP contribution in [0.25, 0.3) is 39.5 Å². The van der Waals surface area contributed by atoms with Crippen molar-refractivity contribution in [1.29, 1.82) is 0 Å². The Morgan fingerprint density at radius 2 is 1.93 bits per heavy atom. The van der Waals surface area contributed by atoms with Gasteiger partial charge in [0.1, 0.15) is 17.0 Å². The molecule has 0 aliphatic carbocycles. The van der Waals surface area contributed by atoms with Crippen molar-refractivity contribution in [1.82, 2.24) is 24.6 Å². The molecule has 0 atom stereocenters. The van der Waals surface area contributed by atoms with Crippen LogP contribution >= 0.6 is 0 Å². The smallest absolute Gasteiger partial charge is 0.417 e. The van der Waals surface area contributed by atoms with Gasteiger partial charge in [-0.1, -0.05) is 0 Å². The minimum Gasteiger partial charge on any atom is -0.472 e. The van der Waals surface area contributed by atoms with E-state index in [-0.39, 0.29) is 22.6 Å². The first-order valence-corrected chi connectivity index (χ1v) is 7.70. The average molecular weight is 371 g/mol. The minimum atomic E-state index is -4.55. The molecule has 0 aliphatic heterocycles. The predicted octanol–water partition coefficient (Wildman–Crippen LogP) is 4.21. The van der Waals surface area contributed by atoms with Gasteiger partial charge in [0.25, 0.3) is 5.89 Å². The summed E-state index contributed by atoms with van der Waals surface area (Å²) in [6, 6.07) is 5.39. The van der Waals surface area contributed by atoms with E-state index >= 15 is 0 Å². The molecule has 5 aromatic heterocycles. The van der Waals surface area contributed by atoms with Crippen molar-refractivity contribution in [3.05, 3.63) is 54.9 Å². The van der Waals surface area contributed by atoms with Crippen LogP contribution in [0, 0.1) is 0 Å². The molecule has 0 aromatic carbocycles. The minimum absolute atomic E-state index is 0.0447. The molecule has 0 spiro atoms. The van der Waals surface area contributed by atoms with Gasteiger partial charge in [-0.2, -0.15) is 13.2 Å². The zero-order valence-electron chi connectivity index (χ0n) is 13.3. The fourth-order valence-corrected chi connectivity index (χ4v) is 2.91. The molecule has 0 aliphatic rings. The van der Waals surface area contributed by atoms with E-state index in [9.17, 15) is 13.2 Å². The van der Waals surface area contributed by atoms with Crippen LogP contribution in [0.5, 0.6) is 0 Å². The normalized spacial score (nSPS) is 12.3. The van der Waals surface area contributed by atoms with Crippen LogP contribution in [0.3, 0.4) is 0 Å². The Labute approximate surface area is 148 Å². The highest BCUT2D eigenvalue weighted by Crippen LogP contribution is 2.37. The van der Waals surface area contributed by atoms with E-state index in [1.54, 1.807) is 6.07 Å². The molecule has 27 heavy (non-hydrogen) atoms. The molecule has 134 valence electrons. The molecule has 5 rings (SSSR count). The van der Waals surface area contributed by atoms with Crippen LogP contribution in [0.15, 0.2) is 58.2 Å². The molecule has 0 bridgehead atoms. The molecule has 0 unspecified atom stereocenters. The first kappa shape index (κ1) is 15.6. The summed E-state index contributed by atoms with van der Waals surface area (Å²) in [6.45, 7) is 0. The number of pyridine rings is 2. The Kier molecular flexibility index (Phi) is 3.11. The second-order valence-electron chi connectivity index (χ2n) is 5.73. The topological polar surface area (TPSA) is 82.2 Å². The summed E-state index contributed by atoms with van der Waals surface area (Å²) in [5, 5.41) is 7.31. The fraction of sp³-hybridized carbons (Fsp3) is 0.0588. The van der Waals surface area contributed by atoms with Crippen LogP contribution in [-0.2, 0) is 6.18 Å². The summed E-state index contributed by atoms with van der Waals surface area (Å²) >= 11 is 0. The Morgan fingerprint density at radius 1 is 1.04 bits per heavy atom. The van der Waals surface area contributed by atoms with Gasteiger partial charge in [-0.25, -0.2) is 9.97 Å². The van der Waals surface area contributed by atoms with Crippen molar-refractivity contribution < 1.29 is 22.0 Å². The van der Waals surface area contributed by atoms with Gasteiger partial charge in [0.15, 0.2) is 0 Å². The van der Waals surface area contributed by atoms with Crippen molar-refractivity contribution in [2.45, 2.75) is 6.18 Å². The highest BCUT2D eigenvalue weighted by molar-refractivity contribution is 5.86. The Balaban J connectivity index is 1.86. The van der Waals surface area contributed by atoms with Crippen LogP contribution in [0.4, 0.5) is 13.2 Å². The van der Waals surface area contributed by atoms with Crippen molar-refractivity contribution >= 4 is 16.7 Å². The third-order valence-corrected chi connectivity index (χ3v) is 4.10. The average Bonchev–Trinajstić information content (AvgIpc) is 3.40. The second kappa shape index (κ2) is 5.40. The lowest BCUT2D eigenvalue weighted by Gasteiger charge is -2.12. The van der Waals surface area contributed by atoms with E-state index < -0.39 is 11.7 Å². The number of imidazole rings is 1. The lowest BCUT2D eigenvalue weighted by Crippen LogP contribution is -2.08. The van der Waals surface area contributed by atoms with Crippen molar-refractivity contribution in [2.24, 2.45) is 0 Å². The molecule has 0 saturated carbocycles. The van der Waals surface area contributed by atoms with Crippen LogP contribution in [-0.4, -0.2) is 24.6 Å². The maximum absolute atomic E-state index is 13.7. The van der Waals surface area contributed by atoms with Gasteiger partial charge in [-0.3, -0.25) is 4.40 Å². The quantitative estimate of drug-likeness (QED) is 0.462.